The first-order chi connectivity index (χ1) is 9.95. The Morgan fingerprint density at radius 3 is 2.67 bits per heavy atom. The monoisotopic (exact) mass is 415 g/mol. The molecule has 0 spiro atoms. The Bertz CT molecular complexity index is 713. The zero-order chi connectivity index (χ0) is 15.6. The highest BCUT2D eigenvalue weighted by molar-refractivity contribution is 9.11. The molecule has 0 aliphatic heterocycles. The number of hydrogen-bond acceptors (Lipinski definition) is 4. The maximum atomic E-state index is 11.9. The Kier molecular flexibility index (Phi) is 4.79. The van der Waals surface area contributed by atoms with Gasteiger partial charge in [0.15, 0.2) is 0 Å². The number of esters is 1. The lowest BCUT2D eigenvalue weighted by Gasteiger charge is -2.09. The van der Waals surface area contributed by atoms with Crippen molar-refractivity contribution in [3.63, 3.8) is 0 Å². The number of carbonyl (C=O) groups excluding carboxylic acids is 2. The van der Waals surface area contributed by atoms with Crippen molar-refractivity contribution in [2.45, 2.75) is 6.92 Å². The average Bonchev–Trinajstić information content (AvgIpc) is 2.83. The molecule has 0 saturated carbocycles. The van der Waals surface area contributed by atoms with Gasteiger partial charge in [-0.05, 0) is 41.1 Å². The molecule has 1 amide bonds. The first-order valence-corrected chi connectivity index (χ1v) is 7.54. The van der Waals surface area contributed by atoms with E-state index in [1.807, 2.05) is 0 Å². The van der Waals surface area contributed by atoms with Gasteiger partial charge in [0.2, 0.25) is 0 Å². The molecule has 1 aromatic carbocycles. The SMILES string of the molecule is CCOC(=O)c1cnn(-c2ccc(Br)cc2Br)c1C(N)=O. The number of amides is 1. The standard InChI is InChI=1S/C13H11Br2N3O3/c1-2-21-13(20)8-6-17-18(11(8)12(16)19)10-4-3-7(14)5-9(10)15/h3-6H,2H2,1H3,(H2,16,19). The van der Waals surface area contributed by atoms with Gasteiger partial charge in [-0.3, -0.25) is 4.79 Å². The van der Waals surface area contributed by atoms with Crippen LogP contribution in [0.4, 0.5) is 0 Å². The molecule has 1 heterocycles. The summed E-state index contributed by atoms with van der Waals surface area (Å²) in [5.74, 6) is -1.39. The summed E-state index contributed by atoms with van der Waals surface area (Å²) in [6, 6.07) is 5.32. The van der Waals surface area contributed by atoms with Crippen LogP contribution >= 0.6 is 31.9 Å². The molecule has 0 fully saturated rings. The number of nitrogens with zero attached hydrogens (tertiary/aromatic N) is 2. The highest BCUT2D eigenvalue weighted by atomic mass is 79.9. The first kappa shape index (κ1) is 15.7. The molecule has 6 nitrogen and oxygen atoms in total. The molecule has 0 aliphatic rings. The summed E-state index contributed by atoms with van der Waals surface area (Å²) in [4.78, 5) is 23.5. The number of primary amides is 1. The summed E-state index contributed by atoms with van der Waals surface area (Å²) in [5, 5.41) is 4.07. The molecule has 2 aromatic rings. The second-order valence-electron chi connectivity index (χ2n) is 4.00. The Hall–Kier alpha value is -1.67. The predicted octanol–water partition coefficient (Wildman–Crippen LogP) is 2.67. The number of carbonyl (C=O) groups is 2. The van der Waals surface area contributed by atoms with Crippen LogP contribution in [0.3, 0.4) is 0 Å². The zero-order valence-corrected chi connectivity index (χ0v) is 14.1. The van der Waals surface area contributed by atoms with Gasteiger partial charge in [0.05, 0.1) is 18.5 Å². The summed E-state index contributed by atoms with van der Waals surface area (Å²) < 4.78 is 7.76. The molecule has 0 radical (unpaired) electrons. The van der Waals surface area contributed by atoms with Crippen molar-refractivity contribution >= 4 is 43.7 Å². The number of hydrogen-bond donors (Lipinski definition) is 1. The van der Waals surface area contributed by atoms with Crippen LogP contribution in [0, 0.1) is 0 Å². The Labute approximate surface area is 137 Å². The summed E-state index contributed by atoms with van der Waals surface area (Å²) >= 11 is 6.72. The van der Waals surface area contributed by atoms with Gasteiger partial charge in [-0.2, -0.15) is 5.10 Å². The van der Waals surface area contributed by atoms with Gasteiger partial charge in [0.25, 0.3) is 5.91 Å². The minimum absolute atomic E-state index is 0.0172. The molecule has 0 saturated heterocycles. The van der Waals surface area contributed by atoms with Crippen molar-refractivity contribution in [2.24, 2.45) is 5.73 Å². The fourth-order valence-electron chi connectivity index (χ4n) is 1.78. The number of halogens is 2. The summed E-state index contributed by atoms with van der Waals surface area (Å²) in [5.41, 5.74) is 5.99. The summed E-state index contributed by atoms with van der Waals surface area (Å²) in [6.07, 6.45) is 1.27. The molecule has 8 heteroatoms. The number of rotatable bonds is 4. The largest absolute Gasteiger partial charge is 0.462 e. The third-order valence-electron chi connectivity index (χ3n) is 2.64. The number of aromatic nitrogens is 2. The molecule has 1 aromatic heterocycles. The lowest BCUT2D eigenvalue weighted by atomic mass is 10.2. The lowest BCUT2D eigenvalue weighted by Crippen LogP contribution is -2.21. The van der Waals surface area contributed by atoms with E-state index in [1.165, 1.54) is 10.9 Å². The molecule has 2 rings (SSSR count). The van der Waals surface area contributed by atoms with E-state index in [9.17, 15) is 9.59 Å². The van der Waals surface area contributed by atoms with Crippen molar-refractivity contribution in [2.75, 3.05) is 6.61 Å². The van der Waals surface area contributed by atoms with E-state index < -0.39 is 11.9 Å². The Balaban J connectivity index is 2.59. The van der Waals surface area contributed by atoms with Gasteiger partial charge in [0, 0.05) is 8.95 Å². The molecule has 0 unspecified atom stereocenters. The molecule has 110 valence electrons. The Morgan fingerprint density at radius 2 is 2.10 bits per heavy atom. The van der Waals surface area contributed by atoms with E-state index in [0.717, 1.165) is 4.47 Å². The number of ether oxygens (including phenoxy) is 1. The van der Waals surface area contributed by atoms with E-state index in [4.69, 9.17) is 10.5 Å². The molecule has 21 heavy (non-hydrogen) atoms. The fourth-order valence-corrected chi connectivity index (χ4v) is 2.99. The molecular weight excluding hydrogens is 406 g/mol. The molecular formula is C13H11Br2N3O3. The first-order valence-electron chi connectivity index (χ1n) is 5.96. The maximum Gasteiger partial charge on any atom is 0.342 e. The van der Waals surface area contributed by atoms with Crippen molar-refractivity contribution in [1.82, 2.24) is 9.78 Å². The second-order valence-corrected chi connectivity index (χ2v) is 5.77. The van der Waals surface area contributed by atoms with E-state index in [2.05, 4.69) is 37.0 Å². The van der Waals surface area contributed by atoms with E-state index in [0.29, 0.717) is 10.2 Å². The predicted molar refractivity (Wildman–Crippen MR) is 83.4 cm³/mol. The lowest BCUT2D eigenvalue weighted by molar-refractivity contribution is 0.0523. The van der Waals surface area contributed by atoms with Crippen LogP contribution in [0.25, 0.3) is 5.69 Å². The second kappa shape index (κ2) is 6.40. The smallest absolute Gasteiger partial charge is 0.342 e. The average molecular weight is 417 g/mol. The third kappa shape index (κ3) is 3.16. The normalized spacial score (nSPS) is 10.4. The van der Waals surface area contributed by atoms with Gasteiger partial charge < -0.3 is 10.5 Å². The maximum absolute atomic E-state index is 11.9. The highest BCUT2D eigenvalue weighted by Crippen LogP contribution is 2.26. The van der Waals surface area contributed by atoms with Crippen molar-refractivity contribution in [3.8, 4) is 5.69 Å². The minimum atomic E-state index is -0.759. The summed E-state index contributed by atoms with van der Waals surface area (Å²) in [7, 11) is 0. The molecule has 2 N–H and O–H groups in total. The van der Waals surface area contributed by atoms with Gasteiger partial charge in [0.1, 0.15) is 11.3 Å². The van der Waals surface area contributed by atoms with E-state index in [1.54, 1.807) is 25.1 Å². The molecule has 0 aliphatic carbocycles. The minimum Gasteiger partial charge on any atom is -0.462 e. The van der Waals surface area contributed by atoms with Gasteiger partial charge >= 0.3 is 5.97 Å². The van der Waals surface area contributed by atoms with Crippen LogP contribution in [-0.4, -0.2) is 28.3 Å². The van der Waals surface area contributed by atoms with Crippen molar-refractivity contribution < 1.29 is 14.3 Å². The quantitative estimate of drug-likeness (QED) is 0.776. The van der Waals surface area contributed by atoms with Crippen LogP contribution in [0.5, 0.6) is 0 Å². The van der Waals surface area contributed by atoms with Crippen LogP contribution < -0.4 is 5.73 Å². The van der Waals surface area contributed by atoms with E-state index in [-0.39, 0.29) is 17.9 Å². The third-order valence-corrected chi connectivity index (χ3v) is 3.76. The van der Waals surface area contributed by atoms with Gasteiger partial charge in [-0.1, -0.05) is 15.9 Å². The number of nitrogens with two attached hydrogens (primary N) is 1. The van der Waals surface area contributed by atoms with Crippen LogP contribution in [0.15, 0.2) is 33.3 Å². The summed E-state index contributed by atoms with van der Waals surface area (Å²) in [6.45, 7) is 1.88. The van der Waals surface area contributed by atoms with Gasteiger partial charge in [-0.15, -0.1) is 0 Å². The van der Waals surface area contributed by atoms with Gasteiger partial charge in [-0.25, -0.2) is 9.48 Å². The molecule has 0 bridgehead atoms. The fraction of sp³-hybridized carbons (Fsp3) is 0.154. The number of benzene rings is 1. The van der Waals surface area contributed by atoms with Crippen molar-refractivity contribution in [1.29, 1.82) is 0 Å². The zero-order valence-electron chi connectivity index (χ0n) is 11.0. The van der Waals surface area contributed by atoms with Crippen LogP contribution in [-0.2, 0) is 4.74 Å². The van der Waals surface area contributed by atoms with Crippen molar-refractivity contribution in [3.05, 3.63) is 44.6 Å². The van der Waals surface area contributed by atoms with Crippen LogP contribution in [0.1, 0.15) is 27.8 Å². The highest BCUT2D eigenvalue weighted by Gasteiger charge is 2.24. The van der Waals surface area contributed by atoms with Crippen LogP contribution in [0.2, 0.25) is 0 Å². The van der Waals surface area contributed by atoms with E-state index >= 15 is 0 Å². The topological polar surface area (TPSA) is 87.2 Å². The molecule has 0 atom stereocenters. The Morgan fingerprint density at radius 1 is 1.38 bits per heavy atom.